The number of carbonyl (C=O) groups is 1. The van der Waals surface area contributed by atoms with Crippen LogP contribution in [-0.2, 0) is 0 Å². The topological polar surface area (TPSA) is 101 Å². The smallest absolute Gasteiger partial charge is 0.347 e. The molecule has 0 aliphatic carbocycles. The molecular formula is C18H14N2O6. The SMILES string of the molecule is COc1cccc(C(=O)Oc2c([N+](=O)[O-])ccc3cccnc23)c1OC. The van der Waals surface area contributed by atoms with Crippen LogP contribution in [0.5, 0.6) is 17.2 Å². The molecule has 0 spiro atoms. The number of nitro groups is 1. The second kappa shape index (κ2) is 7.06. The summed E-state index contributed by atoms with van der Waals surface area (Å²) in [5, 5.41) is 12.0. The fourth-order valence-electron chi connectivity index (χ4n) is 2.55. The van der Waals surface area contributed by atoms with Crippen molar-refractivity contribution >= 4 is 22.6 Å². The van der Waals surface area contributed by atoms with Crippen molar-refractivity contribution < 1.29 is 23.9 Å². The standard InChI is InChI=1S/C18H14N2O6/c1-24-14-7-3-6-12(16(14)25-2)18(21)26-17-13(20(22)23)9-8-11-5-4-10-19-15(11)17/h3-10H,1-2H3. The van der Waals surface area contributed by atoms with Gasteiger partial charge >= 0.3 is 11.7 Å². The fourth-order valence-corrected chi connectivity index (χ4v) is 2.55. The van der Waals surface area contributed by atoms with Crippen LogP contribution < -0.4 is 14.2 Å². The minimum atomic E-state index is -0.818. The number of esters is 1. The summed E-state index contributed by atoms with van der Waals surface area (Å²) in [5.74, 6) is -0.520. The molecule has 0 saturated carbocycles. The lowest BCUT2D eigenvalue weighted by Gasteiger charge is -2.12. The van der Waals surface area contributed by atoms with E-state index in [9.17, 15) is 14.9 Å². The molecule has 0 unspecified atom stereocenters. The third-order valence-corrected chi connectivity index (χ3v) is 3.72. The molecule has 0 aliphatic heterocycles. The van der Waals surface area contributed by atoms with Crippen LogP contribution >= 0.6 is 0 Å². The first-order valence-corrected chi connectivity index (χ1v) is 7.52. The second-order valence-electron chi connectivity index (χ2n) is 5.18. The Morgan fingerprint density at radius 1 is 1.04 bits per heavy atom. The molecule has 8 heteroatoms. The van der Waals surface area contributed by atoms with E-state index >= 15 is 0 Å². The van der Waals surface area contributed by atoms with Gasteiger partial charge in [0.1, 0.15) is 11.1 Å². The first-order chi connectivity index (χ1) is 12.6. The molecule has 0 fully saturated rings. The number of nitro benzene ring substituents is 1. The molecule has 0 saturated heterocycles. The van der Waals surface area contributed by atoms with Gasteiger partial charge in [0.15, 0.2) is 11.5 Å². The van der Waals surface area contributed by atoms with Gasteiger partial charge in [0, 0.05) is 17.6 Å². The number of carbonyl (C=O) groups excluding carboxylic acids is 1. The maximum absolute atomic E-state index is 12.7. The Balaban J connectivity index is 2.11. The average molecular weight is 354 g/mol. The lowest BCUT2D eigenvalue weighted by atomic mass is 10.1. The number of nitrogens with zero attached hydrogens (tertiary/aromatic N) is 2. The minimum absolute atomic E-state index is 0.0779. The lowest BCUT2D eigenvalue weighted by molar-refractivity contribution is -0.385. The zero-order valence-corrected chi connectivity index (χ0v) is 14.0. The highest BCUT2D eigenvalue weighted by molar-refractivity contribution is 5.98. The Bertz CT molecular complexity index is 1000. The largest absolute Gasteiger partial charge is 0.493 e. The molecule has 26 heavy (non-hydrogen) atoms. The van der Waals surface area contributed by atoms with Crippen molar-refractivity contribution in [3.8, 4) is 17.2 Å². The van der Waals surface area contributed by atoms with Gasteiger partial charge in [0.05, 0.1) is 19.1 Å². The summed E-state index contributed by atoms with van der Waals surface area (Å²) < 4.78 is 15.7. The molecule has 0 N–H and O–H groups in total. The molecule has 1 heterocycles. The van der Waals surface area contributed by atoms with Crippen molar-refractivity contribution in [1.82, 2.24) is 4.98 Å². The van der Waals surface area contributed by atoms with Crippen molar-refractivity contribution in [2.75, 3.05) is 14.2 Å². The van der Waals surface area contributed by atoms with Crippen LogP contribution in [0.25, 0.3) is 10.9 Å². The van der Waals surface area contributed by atoms with Gasteiger partial charge in [-0.2, -0.15) is 0 Å². The predicted octanol–water partition coefficient (Wildman–Crippen LogP) is 3.38. The van der Waals surface area contributed by atoms with E-state index in [0.717, 1.165) is 0 Å². The Morgan fingerprint density at radius 2 is 1.85 bits per heavy atom. The van der Waals surface area contributed by atoms with Crippen LogP contribution in [-0.4, -0.2) is 30.1 Å². The fraction of sp³-hybridized carbons (Fsp3) is 0.111. The highest BCUT2D eigenvalue weighted by atomic mass is 16.6. The summed E-state index contributed by atoms with van der Waals surface area (Å²) >= 11 is 0. The van der Waals surface area contributed by atoms with Crippen molar-refractivity contribution in [1.29, 1.82) is 0 Å². The minimum Gasteiger partial charge on any atom is -0.493 e. The number of hydrogen-bond acceptors (Lipinski definition) is 7. The summed E-state index contributed by atoms with van der Waals surface area (Å²) in [6, 6.07) is 10.9. The van der Waals surface area contributed by atoms with Gasteiger partial charge in [-0.1, -0.05) is 12.1 Å². The number of rotatable bonds is 5. The summed E-state index contributed by atoms with van der Waals surface area (Å²) in [7, 11) is 2.82. The number of para-hydroxylation sites is 1. The molecule has 2 aromatic carbocycles. The summed E-state index contributed by atoms with van der Waals surface area (Å²) in [6.45, 7) is 0. The maximum atomic E-state index is 12.7. The van der Waals surface area contributed by atoms with Crippen molar-refractivity contribution in [2.24, 2.45) is 0 Å². The number of fused-ring (bicyclic) bond motifs is 1. The average Bonchev–Trinajstić information content (AvgIpc) is 2.67. The number of aromatic nitrogens is 1. The van der Waals surface area contributed by atoms with Crippen molar-refractivity contribution in [2.45, 2.75) is 0 Å². The Kier molecular flexibility index (Phi) is 4.66. The van der Waals surface area contributed by atoms with Crippen LogP contribution in [0.3, 0.4) is 0 Å². The number of methoxy groups -OCH3 is 2. The molecular weight excluding hydrogens is 340 g/mol. The summed E-state index contributed by atoms with van der Waals surface area (Å²) in [4.78, 5) is 27.5. The van der Waals surface area contributed by atoms with Gasteiger partial charge in [-0.3, -0.25) is 15.1 Å². The monoisotopic (exact) mass is 354 g/mol. The number of hydrogen-bond donors (Lipinski definition) is 0. The molecule has 1 aromatic heterocycles. The van der Waals surface area contributed by atoms with E-state index < -0.39 is 10.9 Å². The van der Waals surface area contributed by atoms with Gasteiger partial charge in [0.2, 0.25) is 5.75 Å². The highest BCUT2D eigenvalue weighted by Gasteiger charge is 2.25. The van der Waals surface area contributed by atoms with Gasteiger partial charge in [0.25, 0.3) is 0 Å². The molecule has 0 radical (unpaired) electrons. The van der Waals surface area contributed by atoms with E-state index in [1.165, 1.54) is 32.5 Å². The van der Waals surface area contributed by atoms with E-state index in [1.54, 1.807) is 30.3 Å². The molecule has 0 aliphatic rings. The van der Waals surface area contributed by atoms with E-state index in [1.807, 2.05) is 0 Å². The molecule has 3 rings (SSSR count). The van der Waals surface area contributed by atoms with Crippen molar-refractivity contribution in [3.63, 3.8) is 0 Å². The molecule has 132 valence electrons. The highest BCUT2D eigenvalue weighted by Crippen LogP contribution is 2.36. The molecule has 0 amide bonds. The van der Waals surface area contributed by atoms with E-state index in [0.29, 0.717) is 11.1 Å². The first-order valence-electron chi connectivity index (χ1n) is 7.52. The van der Waals surface area contributed by atoms with Crippen LogP contribution in [0.15, 0.2) is 48.7 Å². The predicted molar refractivity (Wildman–Crippen MR) is 92.9 cm³/mol. The number of ether oxygens (including phenoxy) is 3. The third kappa shape index (κ3) is 3.00. The Hall–Kier alpha value is -3.68. The van der Waals surface area contributed by atoms with Crippen molar-refractivity contribution in [3.05, 3.63) is 64.3 Å². The first kappa shape index (κ1) is 17.2. The van der Waals surface area contributed by atoms with Crippen LogP contribution in [0.1, 0.15) is 10.4 Å². The maximum Gasteiger partial charge on any atom is 0.347 e. The number of pyridine rings is 1. The van der Waals surface area contributed by atoms with Crippen LogP contribution in [0, 0.1) is 10.1 Å². The quantitative estimate of drug-likeness (QED) is 0.299. The van der Waals surface area contributed by atoms with Gasteiger partial charge in [-0.25, -0.2) is 4.79 Å². The second-order valence-corrected chi connectivity index (χ2v) is 5.18. The van der Waals surface area contributed by atoms with Gasteiger partial charge in [-0.15, -0.1) is 0 Å². The van der Waals surface area contributed by atoms with E-state index in [-0.39, 0.29) is 28.3 Å². The summed E-state index contributed by atoms with van der Waals surface area (Å²) in [6.07, 6.45) is 1.47. The lowest BCUT2D eigenvalue weighted by Crippen LogP contribution is -2.12. The Labute approximate surface area is 148 Å². The van der Waals surface area contributed by atoms with Crippen LogP contribution in [0.4, 0.5) is 5.69 Å². The normalized spacial score (nSPS) is 10.4. The summed E-state index contributed by atoms with van der Waals surface area (Å²) in [5.41, 5.74) is -0.0580. The van der Waals surface area contributed by atoms with Gasteiger partial charge < -0.3 is 14.2 Å². The molecule has 0 atom stereocenters. The Morgan fingerprint density at radius 3 is 2.54 bits per heavy atom. The van der Waals surface area contributed by atoms with Crippen LogP contribution in [0.2, 0.25) is 0 Å². The zero-order chi connectivity index (χ0) is 18.7. The molecule has 3 aromatic rings. The van der Waals surface area contributed by atoms with Gasteiger partial charge in [-0.05, 0) is 24.3 Å². The zero-order valence-electron chi connectivity index (χ0n) is 14.0. The molecule has 0 bridgehead atoms. The van der Waals surface area contributed by atoms with E-state index in [4.69, 9.17) is 14.2 Å². The number of benzene rings is 2. The van der Waals surface area contributed by atoms with E-state index in [2.05, 4.69) is 4.98 Å². The molecule has 8 nitrogen and oxygen atoms in total. The third-order valence-electron chi connectivity index (χ3n) is 3.72.